The molecule has 0 unspecified atom stereocenters. The maximum Gasteiger partial charge on any atom is 0.213 e. The van der Waals surface area contributed by atoms with Crippen LogP contribution in [0.15, 0.2) is 36.7 Å². The maximum absolute atomic E-state index is 8.65. The summed E-state index contributed by atoms with van der Waals surface area (Å²) in [6.45, 7) is 0.134. The standard InChI is InChI=1S/C15H14N2O3/c1-19-15-6-2-5-13(17-15)11-20-14-8-12(4-3-7-18)9-16-10-14/h2,5-6,8-10,18H,7,11H2,1H3. The Morgan fingerprint density at radius 2 is 2.20 bits per heavy atom. The third-order valence-electron chi connectivity index (χ3n) is 2.40. The van der Waals surface area contributed by atoms with Gasteiger partial charge in [-0.15, -0.1) is 0 Å². The number of rotatable bonds is 4. The van der Waals surface area contributed by atoms with E-state index in [2.05, 4.69) is 21.8 Å². The monoisotopic (exact) mass is 270 g/mol. The molecule has 0 fully saturated rings. The van der Waals surface area contributed by atoms with Gasteiger partial charge in [0.2, 0.25) is 5.88 Å². The van der Waals surface area contributed by atoms with Crippen LogP contribution in [-0.4, -0.2) is 28.8 Å². The van der Waals surface area contributed by atoms with Crippen LogP contribution in [0.25, 0.3) is 0 Å². The van der Waals surface area contributed by atoms with Gasteiger partial charge in [-0.05, 0) is 12.1 Å². The maximum atomic E-state index is 8.65. The van der Waals surface area contributed by atoms with Crippen molar-refractivity contribution in [3.63, 3.8) is 0 Å². The fourth-order valence-corrected chi connectivity index (χ4v) is 1.52. The lowest BCUT2D eigenvalue weighted by Crippen LogP contribution is -2.00. The first-order valence-corrected chi connectivity index (χ1v) is 5.99. The second-order valence-electron chi connectivity index (χ2n) is 3.83. The average Bonchev–Trinajstić information content (AvgIpc) is 2.51. The van der Waals surface area contributed by atoms with Crippen molar-refractivity contribution < 1.29 is 14.6 Å². The molecule has 2 aromatic rings. The number of aliphatic hydroxyl groups is 1. The topological polar surface area (TPSA) is 64.5 Å². The minimum absolute atomic E-state index is 0.182. The highest BCUT2D eigenvalue weighted by atomic mass is 16.5. The fraction of sp³-hybridized carbons (Fsp3) is 0.200. The van der Waals surface area contributed by atoms with Crippen molar-refractivity contribution in [1.29, 1.82) is 0 Å². The van der Waals surface area contributed by atoms with Gasteiger partial charge in [-0.25, -0.2) is 4.98 Å². The van der Waals surface area contributed by atoms with Crippen LogP contribution in [0.3, 0.4) is 0 Å². The van der Waals surface area contributed by atoms with Gasteiger partial charge >= 0.3 is 0 Å². The number of hydrogen-bond donors (Lipinski definition) is 1. The van der Waals surface area contributed by atoms with Crippen LogP contribution in [0, 0.1) is 11.8 Å². The van der Waals surface area contributed by atoms with E-state index >= 15 is 0 Å². The van der Waals surface area contributed by atoms with E-state index in [1.165, 1.54) is 0 Å². The van der Waals surface area contributed by atoms with Gasteiger partial charge < -0.3 is 14.6 Å². The summed E-state index contributed by atoms with van der Waals surface area (Å²) in [5.41, 5.74) is 1.45. The molecule has 0 aromatic carbocycles. The molecule has 0 atom stereocenters. The van der Waals surface area contributed by atoms with Crippen LogP contribution >= 0.6 is 0 Å². The van der Waals surface area contributed by atoms with Crippen LogP contribution in [0.4, 0.5) is 0 Å². The molecule has 5 nitrogen and oxygen atoms in total. The Labute approximate surface area is 117 Å². The van der Waals surface area contributed by atoms with E-state index in [1.807, 2.05) is 12.1 Å². The molecule has 102 valence electrons. The van der Waals surface area contributed by atoms with E-state index in [9.17, 15) is 0 Å². The lowest BCUT2D eigenvalue weighted by Gasteiger charge is -2.06. The Balaban J connectivity index is 2.03. The molecule has 2 rings (SSSR count). The van der Waals surface area contributed by atoms with Crippen molar-refractivity contribution in [2.45, 2.75) is 6.61 Å². The largest absolute Gasteiger partial charge is 0.486 e. The van der Waals surface area contributed by atoms with E-state index in [0.29, 0.717) is 23.8 Å². The highest BCUT2D eigenvalue weighted by Crippen LogP contribution is 2.13. The first kappa shape index (κ1) is 13.8. The second kappa shape index (κ2) is 7.12. The molecule has 0 amide bonds. The predicted molar refractivity (Wildman–Crippen MR) is 73.3 cm³/mol. The Morgan fingerprint density at radius 3 is 3.00 bits per heavy atom. The van der Waals surface area contributed by atoms with E-state index in [1.54, 1.807) is 31.6 Å². The van der Waals surface area contributed by atoms with Crippen LogP contribution in [0.1, 0.15) is 11.3 Å². The summed E-state index contributed by atoms with van der Waals surface area (Å²) in [7, 11) is 1.57. The zero-order valence-corrected chi connectivity index (χ0v) is 11.0. The number of hydrogen-bond acceptors (Lipinski definition) is 5. The molecule has 20 heavy (non-hydrogen) atoms. The predicted octanol–water partition coefficient (Wildman–Crippen LogP) is 1.41. The molecular formula is C15H14N2O3. The van der Waals surface area contributed by atoms with Gasteiger partial charge in [0.05, 0.1) is 19.0 Å². The molecule has 2 aromatic heterocycles. The summed E-state index contributed by atoms with van der Waals surface area (Å²) in [6.07, 6.45) is 3.21. The first-order valence-electron chi connectivity index (χ1n) is 5.99. The summed E-state index contributed by atoms with van der Waals surface area (Å²) in [6, 6.07) is 7.24. The van der Waals surface area contributed by atoms with Gasteiger partial charge in [0.25, 0.3) is 0 Å². The van der Waals surface area contributed by atoms with E-state index < -0.39 is 0 Å². The number of nitrogens with zero attached hydrogens (tertiary/aromatic N) is 2. The van der Waals surface area contributed by atoms with Crippen LogP contribution < -0.4 is 9.47 Å². The minimum atomic E-state index is -0.182. The Morgan fingerprint density at radius 1 is 1.30 bits per heavy atom. The number of pyridine rings is 2. The third-order valence-corrected chi connectivity index (χ3v) is 2.40. The fourth-order valence-electron chi connectivity index (χ4n) is 1.52. The van der Waals surface area contributed by atoms with Gasteiger partial charge in [0, 0.05) is 17.8 Å². The summed E-state index contributed by atoms with van der Waals surface area (Å²) < 4.78 is 10.7. The smallest absolute Gasteiger partial charge is 0.213 e. The van der Waals surface area contributed by atoms with Gasteiger partial charge in [-0.1, -0.05) is 17.9 Å². The molecule has 0 aliphatic carbocycles. The summed E-state index contributed by atoms with van der Waals surface area (Å²) in [4.78, 5) is 8.28. The SMILES string of the molecule is COc1cccc(COc2cncc(C#CCO)c2)n1. The van der Waals surface area contributed by atoms with Crippen LogP contribution in [0.5, 0.6) is 11.6 Å². The minimum Gasteiger partial charge on any atom is -0.486 e. The number of ether oxygens (including phenoxy) is 2. The van der Waals surface area contributed by atoms with Crippen molar-refractivity contribution in [1.82, 2.24) is 9.97 Å². The van der Waals surface area contributed by atoms with E-state index in [4.69, 9.17) is 14.6 Å². The molecule has 1 N–H and O–H groups in total. The third kappa shape index (κ3) is 3.97. The van der Waals surface area contributed by atoms with Gasteiger partial charge in [0.15, 0.2) is 0 Å². The lowest BCUT2D eigenvalue weighted by atomic mass is 10.3. The first-order chi connectivity index (χ1) is 9.81. The zero-order valence-electron chi connectivity index (χ0n) is 11.0. The quantitative estimate of drug-likeness (QED) is 0.851. The molecule has 0 radical (unpaired) electrons. The Kier molecular flexibility index (Phi) is 4.93. The summed E-state index contributed by atoms with van der Waals surface area (Å²) in [5.74, 6) is 6.48. The molecule has 2 heterocycles. The van der Waals surface area contributed by atoms with Crippen molar-refractivity contribution in [3.05, 3.63) is 47.9 Å². The molecule has 0 aliphatic rings. The summed E-state index contributed by atoms with van der Waals surface area (Å²) >= 11 is 0. The second-order valence-corrected chi connectivity index (χ2v) is 3.83. The molecule has 0 aliphatic heterocycles. The van der Waals surface area contributed by atoms with Gasteiger partial charge in [0.1, 0.15) is 19.0 Å². The zero-order chi connectivity index (χ0) is 14.2. The Bertz CT molecular complexity index is 632. The highest BCUT2D eigenvalue weighted by Gasteiger charge is 2.00. The van der Waals surface area contributed by atoms with E-state index in [0.717, 1.165) is 5.69 Å². The normalized spacial score (nSPS) is 9.50. The highest BCUT2D eigenvalue weighted by molar-refractivity contribution is 5.36. The van der Waals surface area contributed by atoms with Crippen LogP contribution in [-0.2, 0) is 6.61 Å². The molecule has 5 heteroatoms. The Hall–Kier alpha value is -2.58. The van der Waals surface area contributed by atoms with Gasteiger partial charge in [-0.2, -0.15) is 0 Å². The molecule has 0 saturated heterocycles. The van der Waals surface area contributed by atoms with Crippen molar-refractivity contribution >= 4 is 0 Å². The molecule has 0 bridgehead atoms. The van der Waals surface area contributed by atoms with Crippen molar-refractivity contribution in [3.8, 4) is 23.5 Å². The van der Waals surface area contributed by atoms with Crippen molar-refractivity contribution in [2.75, 3.05) is 13.7 Å². The molecule has 0 spiro atoms. The van der Waals surface area contributed by atoms with Crippen molar-refractivity contribution in [2.24, 2.45) is 0 Å². The summed E-state index contributed by atoms with van der Waals surface area (Å²) in [5, 5.41) is 8.65. The van der Waals surface area contributed by atoms with Crippen LogP contribution in [0.2, 0.25) is 0 Å². The van der Waals surface area contributed by atoms with Gasteiger partial charge in [-0.3, -0.25) is 4.98 Å². The number of aliphatic hydroxyl groups excluding tert-OH is 1. The lowest BCUT2D eigenvalue weighted by molar-refractivity contribution is 0.297. The average molecular weight is 270 g/mol. The number of aromatic nitrogens is 2. The molecule has 0 saturated carbocycles. The molecular weight excluding hydrogens is 256 g/mol. The van der Waals surface area contributed by atoms with E-state index in [-0.39, 0.29) is 6.61 Å². The number of methoxy groups -OCH3 is 1.